The summed E-state index contributed by atoms with van der Waals surface area (Å²) in [5, 5.41) is 15.6. The number of rotatable bonds is 3. The summed E-state index contributed by atoms with van der Waals surface area (Å²) in [5.74, 6) is 2.62. The first-order chi connectivity index (χ1) is 11.8. The van der Waals surface area contributed by atoms with Crippen molar-refractivity contribution in [2.45, 2.75) is 36.9 Å². The van der Waals surface area contributed by atoms with Crippen molar-refractivity contribution in [3.8, 4) is 11.3 Å². The molecular weight excluding hydrogens is 370 g/mol. The Labute approximate surface area is 151 Å². The second-order valence-electron chi connectivity index (χ2n) is 5.67. The van der Waals surface area contributed by atoms with Crippen LogP contribution in [0.15, 0.2) is 11.5 Å². The van der Waals surface area contributed by atoms with Gasteiger partial charge >= 0.3 is 0 Å². The van der Waals surface area contributed by atoms with Crippen LogP contribution in [0.25, 0.3) is 11.2 Å². The molecule has 0 spiro atoms. The SMILES string of the molecule is C[C@@H](N=O)[C@H]1O[C@@H](n2cnc3c(=S)nc(N)[nH]c32)[C@@](N)(C#CCl)C1O. The summed E-state index contributed by atoms with van der Waals surface area (Å²) in [6, 6.07) is -0.861. The third-order valence-corrected chi connectivity index (χ3v) is 4.50. The number of nitrogens with two attached hydrogens (primary N) is 2. The molecule has 12 heteroatoms. The number of hydrogen-bond acceptors (Lipinski definition) is 9. The van der Waals surface area contributed by atoms with Crippen molar-refractivity contribution < 1.29 is 9.84 Å². The molecular formula is C13H14ClN7O3S. The van der Waals surface area contributed by atoms with E-state index < -0.39 is 30.0 Å². The first kappa shape index (κ1) is 17.7. The number of anilines is 1. The Morgan fingerprint density at radius 2 is 2.40 bits per heavy atom. The molecule has 5 atom stereocenters. The lowest BCUT2D eigenvalue weighted by molar-refractivity contribution is -0.0289. The molecule has 132 valence electrons. The van der Waals surface area contributed by atoms with Crippen LogP contribution in [0.5, 0.6) is 0 Å². The molecule has 3 heterocycles. The molecule has 0 aliphatic carbocycles. The molecule has 1 saturated heterocycles. The van der Waals surface area contributed by atoms with Crippen LogP contribution in [0, 0.1) is 20.8 Å². The topological polar surface area (TPSA) is 157 Å². The Morgan fingerprint density at radius 1 is 1.68 bits per heavy atom. The molecule has 6 N–H and O–H groups in total. The summed E-state index contributed by atoms with van der Waals surface area (Å²) in [7, 11) is 0. The molecule has 3 rings (SSSR count). The Kier molecular flexibility index (Phi) is 4.48. The van der Waals surface area contributed by atoms with Gasteiger partial charge in [-0.1, -0.05) is 23.3 Å². The lowest BCUT2D eigenvalue weighted by Crippen LogP contribution is -2.54. The summed E-state index contributed by atoms with van der Waals surface area (Å²) >= 11 is 10.7. The normalized spacial score (nSPS) is 30.0. The summed E-state index contributed by atoms with van der Waals surface area (Å²) in [6.45, 7) is 1.50. The first-order valence-corrected chi connectivity index (χ1v) is 7.92. The number of aromatic nitrogens is 4. The Hall–Kier alpha value is -2.10. The average molecular weight is 384 g/mol. The molecule has 2 aromatic rings. The van der Waals surface area contributed by atoms with Crippen LogP contribution >= 0.6 is 23.8 Å². The zero-order chi connectivity index (χ0) is 18.4. The van der Waals surface area contributed by atoms with E-state index in [4.69, 9.17) is 40.0 Å². The van der Waals surface area contributed by atoms with Gasteiger partial charge in [-0.2, -0.15) is 4.91 Å². The lowest BCUT2D eigenvalue weighted by Gasteiger charge is -2.27. The molecule has 2 aromatic heterocycles. The number of nitrogens with one attached hydrogen (secondary N) is 1. The minimum atomic E-state index is -1.62. The van der Waals surface area contributed by atoms with Gasteiger partial charge in [0.15, 0.2) is 22.4 Å². The van der Waals surface area contributed by atoms with Crippen molar-refractivity contribution in [2.75, 3.05) is 5.73 Å². The zero-order valence-electron chi connectivity index (χ0n) is 12.9. The fourth-order valence-corrected chi connectivity index (χ4v) is 3.25. The van der Waals surface area contributed by atoms with Gasteiger partial charge in [0.05, 0.1) is 6.33 Å². The largest absolute Gasteiger partial charge is 0.387 e. The quantitative estimate of drug-likeness (QED) is 0.336. The van der Waals surface area contributed by atoms with Gasteiger partial charge in [-0.25, -0.2) is 9.97 Å². The highest BCUT2D eigenvalue weighted by Crippen LogP contribution is 2.39. The Bertz CT molecular complexity index is 950. The van der Waals surface area contributed by atoms with Crippen LogP contribution in [0.4, 0.5) is 5.95 Å². The summed E-state index contributed by atoms with van der Waals surface area (Å²) in [5.41, 5.74) is 11.1. The maximum atomic E-state index is 10.9. The number of hydrogen-bond donors (Lipinski definition) is 4. The van der Waals surface area contributed by atoms with Gasteiger partial charge in [0.2, 0.25) is 0 Å². The van der Waals surface area contributed by atoms with Crippen molar-refractivity contribution in [1.82, 2.24) is 19.5 Å². The van der Waals surface area contributed by atoms with Crippen LogP contribution in [0.3, 0.4) is 0 Å². The molecule has 1 unspecified atom stereocenters. The zero-order valence-corrected chi connectivity index (χ0v) is 14.5. The van der Waals surface area contributed by atoms with E-state index in [0.29, 0.717) is 11.2 Å². The van der Waals surface area contributed by atoms with E-state index in [9.17, 15) is 10.0 Å². The molecule has 0 amide bonds. The van der Waals surface area contributed by atoms with Crippen LogP contribution in [0.1, 0.15) is 13.2 Å². The predicted octanol–water partition coefficient (Wildman–Crippen LogP) is 0.381. The van der Waals surface area contributed by atoms with Gasteiger partial charge in [-0.05, 0) is 18.5 Å². The van der Waals surface area contributed by atoms with Gasteiger partial charge in [0.1, 0.15) is 29.4 Å². The number of nitroso groups, excluding NO2 is 1. The highest BCUT2D eigenvalue weighted by Gasteiger charge is 2.56. The second-order valence-corrected chi connectivity index (χ2v) is 6.25. The molecule has 10 nitrogen and oxygen atoms in total. The number of ether oxygens (including phenoxy) is 1. The average Bonchev–Trinajstić information content (AvgIpc) is 3.08. The van der Waals surface area contributed by atoms with E-state index in [1.807, 2.05) is 0 Å². The number of aromatic amines is 1. The Morgan fingerprint density at radius 3 is 3.04 bits per heavy atom. The maximum absolute atomic E-state index is 10.9. The van der Waals surface area contributed by atoms with Crippen molar-refractivity contribution in [3.63, 3.8) is 0 Å². The summed E-state index contributed by atoms with van der Waals surface area (Å²) in [6.07, 6.45) is -1.94. The molecule has 0 bridgehead atoms. The van der Waals surface area contributed by atoms with Crippen molar-refractivity contribution >= 4 is 40.9 Å². The number of nitrogens with zero attached hydrogens (tertiary/aromatic N) is 4. The highest BCUT2D eigenvalue weighted by atomic mass is 35.5. The third-order valence-electron chi connectivity index (χ3n) is 4.12. The van der Waals surface area contributed by atoms with E-state index in [1.54, 1.807) is 0 Å². The van der Waals surface area contributed by atoms with Crippen molar-refractivity contribution in [1.29, 1.82) is 0 Å². The first-order valence-electron chi connectivity index (χ1n) is 7.13. The molecule has 0 aromatic carbocycles. The third kappa shape index (κ3) is 2.68. The van der Waals surface area contributed by atoms with Gasteiger partial charge in [-0.3, -0.25) is 4.57 Å². The van der Waals surface area contributed by atoms with Crippen LogP contribution in [-0.4, -0.2) is 48.4 Å². The maximum Gasteiger partial charge on any atom is 0.200 e. The number of H-pyrrole nitrogens is 1. The smallest absolute Gasteiger partial charge is 0.200 e. The van der Waals surface area contributed by atoms with Gasteiger partial charge in [0, 0.05) is 5.38 Å². The molecule has 1 aliphatic rings. The van der Waals surface area contributed by atoms with Crippen LogP contribution < -0.4 is 11.5 Å². The van der Waals surface area contributed by atoms with E-state index in [-0.39, 0.29) is 10.6 Å². The number of halogens is 1. The monoisotopic (exact) mass is 383 g/mol. The van der Waals surface area contributed by atoms with Gasteiger partial charge in [-0.15, -0.1) is 0 Å². The van der Waals surface area contributed by atoms with E-state index in [2.05, 4.69) is 31.4 Å². The van der Waals surface area contributed by atoms with Gasteiger partial charge in [0.25, 0.3) is 0 Å². The predicted molar refractivity (Wildman–Crippen MR) is 92.8 cm³/mol. The molecule has 1 aliphatic heterocycles. The minimum Gasteiger partial charge on any atom is -0.387 e. The highest BCUT2D eigenvalue weighted by molar-refractivity contribution is 7.71. The van der Waals surface area contributed by atoms with Gasteiger partial charge < -0.3 is 26.3 Å². The molecule has 25 heavy (non-hydrogen) atoms. The number of fused-ring (bicyclic) bond motifs is 1. The standard InChI is InChI=1S/C13H14ClN7O3S/c1-5(20-23)7-8(22)13(16,2-3-14)11(24-7)21-4-17-6-9(21)18-12(15)19-10(6)25/h4-5,7-8,11,22H,16H2,1H3,(H3,15,18,19,25)/t5-,7-,8?,11-,13-/m1/s1. The summed E-state index contributed by atoms with van der Waals surface area (Å²) in [4.78, 5) is 21.8. The second kappa shape index (κ2) is 6.32. The minimum absolute atomic E-state index is 0.0725. The molecule has 0 radical (unpaired) electrons. The van der Waals surface area contributed by atoms with Crippen molar-refractivity contribution in [2.24, 2.45) is 10.9 Å². The fraction of sp³-hybridized carbons (Fsp3) is 0.462. The lowest BCUT2D eigenvalue weighted by atomic mass is 9.90. The van der Waals surface area contributed by atoms with Crippen LogP contribution in [0.2, 0.25) is 0 Å². The van der Waals surface area contributed by atoms with Crippen molar-refractivity contribution in [3.05, 3.63) is 15.9 Å². The number of aliphatic hydroxyl groups excluding tert-OH is 1. The van der Waals surface area contributed by atoms with Crippen LogP contribution in [-0.2, 0) is 4.74 Å². The molecule has 0 saturated carbocycles. The van der Waals surface area contributed by atoms with E-state index in [0.717, 1.165) is 0 Å². The van der Waals surface area contributed by atoms with E-state index >= 15 is 0 Å². The Balaban J connectivity index is 2.19. The van der Waals surface area contributed by atoms with E-state index in [1.165, 1.54) is 17.8 Å². The molecule has 1 fully saturated rings. The number of aliphatic hydroxyl groups is 1. The fourth-order valence-electron chi connectivity index (χ4n) is 2.84. The number of nitrogen functional groups attached to an aromatic ring is 1. The number of imidazole rings is 1. The summed E-state index contributed by atoms with van der Waals surface area (Å²) < 4.78 is 7.47.